The molecule has 8 heteroatoms. The molecular formula is C23H27N3O4S. The Morgan fingerprint density at radius 3 is 2.55 bits per heavy atom. The number of amidine groups is 1. The van der Waals surface area contributed by atoms with Gasteiger partial charge in [0.25, 0.3) is 0 Å². The number of ether oxygens (including phenoxy) is 2. The summed E-state index contributed by atoms with van der Waals surface area (Å²) in [6.45, 7) is 4.80. The standard InChI is InChI=1S/C23H27N3O4S/c1-15-11-16(2)13-17(12-15)24-23-26(9-10-29-3)22(28)20(31-23)14-21(27)25-18-7-5-6-8-19(18)30-4/h5-8,11-13,20H,9-10,14H2,1-4H3,(H,25,27). The van der Waals surface area contributed by atoms with Gasteiger partial charge in [0.2, 0.25) is 11.8 Å². The quantitative estimate of drug-likeness (QED) is 0.672. The molecule has 2 amide bonds. The lowest BCUT2D eigenvalue weighted by molar-refractivity contribution is -0.128. The minimum absolute atomic E-state index is 0.0386. The smallest absolute Gasteiger partial charge is 0.242 e. The largest absolute Gasteiger partial charge is 0.495 e. The van der Waals surface area contributed by atoms with Crippen LogP contribution >= 0.6 is 11.8 Å². The van der Waals surface area contributed by atoms with Crippen LogP contribution < -0.4 is 10.1 Å². The fourth-order valence-corrected chi connectivity index (χ4v) is 4.54. The lowest BCUT2D eigenvalue weighted by Crippen LogP contribution is -2.35. The lowest BCUT2D eigenvalue weighted by Gasteiger charge is -2.16. The Morgan fingerprint density at radius 1 is 1.16 bits per heavy atom. The van der Waals surface area contributed by atoms with Crippen molar-refractivity contribution in [1.82, 2.24) is 4.90 Å². The van der Waals surface area contributed by atoms with Crippen molar-refractivity contribution in [3.8, 4) is 5.75 Å². The Balaban J connectivity index is 1.77. The van der Waals surface area contributed by atoms with Crippen LogP contribution in [0.4, 0.5) is 11.4 Å². The van der Waals surface area contributed by atoms with Crippen LogP contribution in [0.1, 0.15) is 17.5 Å². The second-order valence-electron chi connectivity index (χ2n) is 7.28. The number of nitrogens with zero attached hydrogens (tertiary/aromatic N) is 2. The first kappa shape index (κ1) is 22.8. The van der Waals surface area contributed by atoms with E-state index in [0.29, 0.717) is 29.8 Å². The van der Waals surface area contributed by atoms with E-state index < -0.39 is 5.25 Å². The molecule has 1 fully saturated rings. The van der Waals surface area contributed by atoms with Gasteiger partial charge < -0.3 is 14.8 Å². The number of methoxy groups -OCH3 is 2. The highest BCUT2D eigenvalue weighted by molar-refractivity contribution is 8.15. The average molecular weight is 442 g/mol. The molecule has 0 aliphatic carbocycles. The number of aliphatic imine (C=N–C) groups is 1. The van der Waals surface area contributed by atoms with Gasteiger partial charge in [0.05, 0.1) is 31.6 Å². The molecule has 1 unspecified atom stereocenters. The number of hydrogen-bond acceptors (Lipinski definition) is 6. The van der Waals surface area contributed by atoms with E-state index in [-0.39, 0.29) is 18.2 Å². The number of benzene rings is 2. The predicted octanol–water partition coefficient (Wildman–Crippen LogP) is 3.92. The van der Waals surface area contributed by atoms with E-state index >= 15 is 0 Å². The summed E-state index contributed by atoms with van der Waals surface area (Å²) in [6.07, 6.45) is 0.0386. The van der Waals surface area contributed by atoms with Gasteiger partial charge in [-0.25, -0.2) is 4.99 Å². The van der Waals surface area contributed by atoms with Crippen molar-refractivity contribution in [2.45, 2.75) is 25.5 Å². The highest BCUT2D eigenvalue weighted by atomic mass is 32.2. The van der Waals surface area contributed by atoms with Crippen molar-refractivity contribution in [3.63, 3.8) is 0 Å². The monoisotopic (exact) mass is 441 g/mol. The van der Waals surface area contributed by atoms with Crippen molar-refractivity contribution < 1.29 is 19.1 Å². The van der Waals surface area contributed by atoms with Gasteiger partial charge in [-0.1, -0.05) is 30.0 Å². The summed E-state index contributed by atoms with van der Waals surface area (Å²) < 4.78 is 10.4. The summed E-state index contributed by atoms with van der Waals surface area (Å²) in [6, 6.07) is 13.2. The molecule has 0 spiro atoms. The fourth-order valence-electron chi connectivity index (χ4n) is 3.36. The molecular weight excluding hydrogens is 414 g/mol. The van der Waals surface area contributed by atoms with Gasteiger partial charge >= 0.3 is 0 Å². The van der Waals surface area contributed by atoms with Crippen molar-refractivity contribution in [3.05, 3.63) is 53.6 Å². The van der Waals surface area contributed by atoms with Crippen LogP contribution in [0.5, 0.6) is 5.75 Å². The maximum atomic E-state index is 13.0. The number of thioether (sulfide) groups is 1. The molecule has 1 aliphatic heterocycles. The zero-order valence-electron chi connectivity index (χ0n) is 18.2. The summed E-state index contributed by atoms with van der Waals surface area (Å²) in [5.41, 5.74) is 3.56. The Hall–Kier alpha value is -2.84. The van der Waals surface area contributed by atoms with E-state index in [0.717, 1.165) is 16.8 Å². The van der Waals surface area contributed by atoms with Gasteiger partial charge in [0.15, 0.2) is 5.17 Å². The zero-order valence-corrected chi connectivity index (χ0v) is 19.0. The minimum Gasteiger partial charge on any atom is -0.495 e. The summed E-state index contributed by atoms with van der Waals surface area (Å²) >= 11 is 1.31. The molecule has 1 aliphatic rings. The highest BCUT2D eigenvalue weighted by Crippen LogP contribution is 2.32. The number of carbonyl (C=O) groups excluding carboxylic acids is 2. The number of amides is 2. The normalized spacial score (nSPS) is 17.3. The zero-order chi connectivity index (χ0) is 22.4. The topological polar surface area (TPSA) is 80.2 Å². The molecule has 1 atom stereocenters. The van der Waals surface area contributed by atoms with Crippen molar-refractivity contribution in [1.29, 1.82) is 0 Å². The van der Waals surface area contributed by atoms with Crippen LogP contribution in [0, 0.1) is 13.8 Å². The highest BCUT2D eigenvalue weighted by Gasteiger charge is 2.39. The second kappa shape index (κ2) is 10.5. The average Bonchev–Trinajstić information content (AvgIpc) is 3.00. The van der Waals surface area contributed by atoms with Crippen LogP contribution in [0.15, 0.2) is 47.5 Å². The van der Waals surface area contributed by atoms with E-state index in [1.807, 2.05) is 38.1 Å². The predicted molar refractivity (Wildman–Crippen MR) is 124 cm³/mol. The van der Waals surface area contributed by atoms with Crippen LogP contribution in [0.2, 0.25) is 0 Å². The first-order valence-electron chi connectivity index (χ1n) is 9.98. The molecule has 7 nitrogen and oxygen atoms in total. The number of aryl methyl sites for hydroxylation is 2. The molecule has 1 saturated heterocycles. The van der Waals surface area contributed by atoms with Gasteiger partial charge in [-0.3, -0.25) is 14.5 Å². The van der Waals surface area contributed by atoms with E-state index in [9.17, 15) is 9.59 Å². The third kappa shape index (κ3) is 5.86. The number of rotatable bonds is 8. The molecule has 0 bridgehead atoms. The van der Waals surface area contributed by atoms with Crippen LogP contribution in [-0.2, 0) is 14.3 Å². The molecule has 1 heterocycles. The van der Waals surface area contributed by atoms with E-state index in [2.05, 4.69) is 11.4 Å². The number of carbonyl (C=O) groups is 2. The second-order valence-corrected chi connectivity index (χ2v) is 8.45. The molecule has 3 rings (SSSR count). The third-order valence-electron chi connectivity index (χ3n) is 4.72. The van der Waals surface area contributed by atoms with E-state index in [1.54, 1.807) is 31.3 Å². The number of nitrogens with one attached hydrogen (secondary N) is 1. The van der Waals surface area contributed by atoms with Gasteiger partial charge in [-0.2, -0.15) is 0 Å². The SMILES string of the molecule is COCCN1C(=O)C(CC(=O)Nc2ccccc2OC)SC1=Nc1cc(C)cc(C)c1. The Kier molecular flexibility index (Phi) is 7.70. The Morgan fingerprint density at radius 2 is 1.87 bits per heavy atom. The Labute approximate surface area is 186 Å². The maximum absolute atomic E-state index is 13.0. The minimum atomic E-state index is -0.545. The molecule has 0 saturated carbocycles. The molecule has 0 radical (unpaired) electrons. The number of anilines is 1. The molecule has 2 aromatic rings. The van der Waals surface area contributed by atoms with Crippen LogP contribution in [-0.4, -0.2) is 54.5 Å². The lowest BCUT2D eigenvalue weighted by atomic mass is 10.1. The number of hydrogen-bond donors (Lipinski definition) is 1. The molecule has 164 valence electrons. The summed E-state index contributed by atoms with van der Waals surface area (Å²) in [4.78, 5) is 32.0. The molecule has 0 aromatic heterocycles. The molecule has 31 heavy (non-hydrogen) atoms. The molecule has 1 N–H and O–H groups in total. The summed E-state index contributed by atoms with van der Waals surface area (Å²) in [7, 11) is 3.14. The van der Waals surface area contributed by atoms with E-state index in [4.69, 9.17) is 14.5 Å². The van der Waals surface area contributed by atoms with Crippen LogP contribution in [0.3, 0.4) is 0 Å². The first-order chi connectivity index (χ1) is 14.9. The van der Waals surface area contributed by atoms with Gasteiger partial charge in [-0.15, -0.1) is 0 Å². The van der Waals surface area contributed by atoms with Gasteiger partial charge in [0.1, 0.15) is 11.0 Å². The first-order valence-corrected chi connectivity index (χ1v) is 10.9. The van der Waals surface area contributed by atoms with E-state index in [1.165, 1.54) is 11.8 Å². The maximum Gasteiger partial charge on any atom is 0.242 e. The summed E-state index contributed by atoms with van der Waals surface area (Å²) in [5.74, 6) is 0.176. The third-order valence-corrected chi connectivity index (χ3v) is 5.90. The van der Waals surface area contributed by atoms with Crippen molar-refractivity contribution in [2.75, 3.05) is 32.7 Å². The summed E-state index contributed by atoms with van der Waals surface area (Å²) in [5, 5.41) is 2.87. The van der Waals surface area contributed by atoms with Gasteiger partial charge in [0, 0.05) is 13.5 Å². The van der Waals surface area contributed by atoms with Crippen molar-refractivity contribution in [2.24, 2.45) is 4.99 Å². The van der Waals surface area contributed by atoms with Crippen molar-refractivity contribution >= 4 is 40.1 Å². The van der Waals surface area contributed by atoms with Crippen LogP contribution in [0.25, 0.3) is 0 Å². The Bertz CT molecular complexity index is 972. The molecule has 2 aromatic carbocycles. The van der Waals surface area contributed by atoms with Gasteiger partial charge in [-0.05, 0) is 49.2 Å². The fraction of sp³-hybridized carbons (Fsp3) is 0.348. The number of para-hydroxylation sites is 2.